The zero-order valence-electron chi connectivity index (χ0n) is 13.4. The molecule has 0 aromatic heterocycles. The number of benzene rings is 1. The molecule has 1 aromatic rings. The van der Waals surface area contributed by atoms with E-state index in [0.717, 1.165) is 0 Å². The second-order valence-corrected chi connectivity index (χ2v) is 5.69. The molecule has 1 aliphatic heterocycles. The molecule has 1 aliphatic rings. The summed E-state index contributed by atoms with van der Waals surface area (Å²) in [5.41, 5.74) is 0. The van der Waals surface area contributed by atoms with Gasteiger partial charge in [-0.2, -0.15) is 0 Å². The summed E-state index contributed by atoms with van der Waals surface area (Å²) in [5, 5.41) is 0. The summed E-state index contributed by atoms with van der Waals surface area (Å²) in [6.45, 7) is 4.45. The predicted octanol–water partition coefficient (Wildman–Crippen LogP) is 5.36. The first-order chi connectivity index (χ1) is 10.7. The van der Waals surface area contributed by atoms with Crippen LogP contribution in [0.5, 0.6) is 5.75 Å². The molecule has 0 bridgehead atoms. The molecule has 0 fully saturated rings. The van der Waals surface area contributed by atoms with Gasteiger partial charge in [0.2, 0.25) is 0 Å². The molecular formula is C19H25NO2. The summed E-state index contributed by atoms with van der Waals surface area (Å²) in [4.78, 5) is 13.6. The summed E-state index contributed by atoms with van der Waals surface area (Å²) in [7, 11) is 0. The smallest absolute Gasteiger partial charge is 0.410 e. The highest BCUT2D eigenvalue weighted by Gasteiger charge is 2.20. The van der Waals surface area contributed by atoms with E-state index < -0.39 is 0 Å². The number of hydrogen-bond acceptors (Lipinski definition) is 2. The molecule has 22 heavy (non-hydrogen) atoms. The van der Waals surface area contributed by atoms with Crippen LogP contribution in [0.3, 0.4) is 0 Å². The molecule has 0 N–H and O–H groups in total. The van der Waals surface area contributed by atoms with Crippen molar-refractivity contribution in [1.82, 2.24) is 4.90 Å². The van der Waals surface area contributed by atoms with Gasteiger partial charge in [0.05, 0.1) is 0 Å². The van der Waals surface area contributed by atoms with Crippen LogP contribution >= 0.6 is 0 Å². The van der Waals surface area contributed by atoms with E-state index in [1.54, 1.807) is 12.1 Å². The van der Waals surface area contributed by atoms with Gasteiger partial charge in [-0.25, -0.2) is 4.79 Å². The summed E-state index contributed by atoms with van der Waals surface area (Å²) in [6, 6.07) is 9.14. The number of carbonyl (C=O) groups excluding carboxylic acids is 1. The average molecular weight is 299 g/mol. The molecule has 1 heterocycles. The molecule has 2 rings (SSSR count). The lowest BCUT2D eigenvalue weighted by Gasteiger charge is -2.26. The first kappa shape index (κ1) is 16.3. The third-order valence-corrected chi connectivity index (χ3v) is 3.96. The first-order valence-corrected chi connectivity index (χ1v) is 8.16. The fourth-order valence-electron chi connectivity index (χ4n) is 2.85. The van der Waals surface area contributed by atoms with Gasteiger partial charge in [0.25, 0.3) is 0 Å². The summed E-state index contributed by atoms with van der Waals surface area (Å²) >= 11 is 0. The lowest BCUT2D eigenvalue weighted by atomic mass is 9.84. The van der Waals surface area contributed by atoms with Crippen LogP contribution in [0.1, 0.15) is 39.5 Å². The maximum Gasteiger partial charge on any atom is 0.423 e. The monoisotopic (exact) mass is 299 g/mol. The molecule has 0 aliphatic carbocycles. The number of ether oxygens (including phenoxy) is 1. The molecule has 118 valence electrons. The molecule has 0 radical (unpaired) electrons. The minimum Gasteiger partial charge on any atom is -0.410 e. The largest absolute Gasteiger partial charge is 0.423 e. The maximum absolute atomic E-state index is 12.1. The first-order valence-electron chi connectivity index (χ1n) is 8.16. The molecule has 3 nitrogen and oxygen atoms in total. The Kier molecular flexibility index (Phi) is 6.26. The van der Waals surface area contributed by atoms with Crippen molar-refractivity contribution in [3.63, 3.8) is 0 Å². The number of allylic oxidation sites excluding steroid dienone is 2. The predicted molar refractivity (Wildman–Crippen MR) is 89.4 cm³/mol. The molecule has 1 aromatic carbocycles. The molecule has 3 heteroatoms. The Morgan fingerprint density at radius 1 is 1.09 bits per heavy atom. The van der Waals surface area contributed by atoms with Crippen molar-refractivity contribution >= 4 is 6.09 Å². The minimum atomic E-state index is -0.375. The van der Waals surface area contributed by atoms with Crippen molar-refractivity contribution in [2.45, 2.75) is 39.5 Å². The average Bonchev–Trinajstić information content (AvgIpc) is 2.56. The molecule has 1 amide bonds. The third kappa shape index (κ3) is 4.48. The van der Waals surface area contributed by atoms with Crippen LogP contribution in [0.4, 0.5) is 4.79 Å². The standard InChI is InChI=1S/C19H25NO2/c1-3-8-16(9-4-2)17-12-14-20(15-13-17)19(21)22-18-10-6-5-7-11-18/h5-7,10-17H,3-4,8-9H2,1-2H3. The van der Waals surface area contributed by atoms with E-state index in [0.29, 0.717) is 17.6 Å². The van der Waals surface area contributed by atoms with Gasteiger partial charge in [-0.1, -0.05) is 57.0 Å². The van der Waals surface area contributed by atoms with Crippen LogP contribution < -0.4 is 4.74 Å². The number of para-hydroxylation sites is 1. The van der Waals surface area contributed by atoms with E-state index in [-0.39, 0.29) is 6.09 Å². The topological polar surface area (TPSA) is 29.5 Å². The molecule has 0 spiro atoms. The van der Waals surface area contributed by atoms with Crippen LogP contribution in [0.15, 0.2) is 54.9 Å². The second kappa shape index (κ2) is 8.42. The van der Waals surface area contributed by atoms with E-state index >= 15 is 0 Å². The van der Waals surface area contributed by atoms with Gasteiger partial charge in [0, 0.05) is 18.3 Å². The van der Waals surface area contributed by atoms with Gasteiger partial charge in [-0.3, -0.25) is 4.90 Å². The summed E-state index contributed by atoms with van der Waals surface area (Å²) in [6.07, 6.45) is 12.3. The van der Waals surface area contributed by atoms with Gasteiger partial charge < -0.3 is 4.74 Å². The molecule has 0 unspecified atom stereocenters. The SMILES string of the molecule is CCCC(CCC)C1C=CN(C(=O)Oc2ccccc2)C=C1. The van der Waals surface area contributed by atoms with Crippen LogP contribution in [0, 0.1) is 11.8 Å². The number of carbonyl (C=O) groups is 1. The lowest BCUT2D eigenvalue weighted by molar-refractivity contribution is 0.181. The van der Waals surface area contributed by atoms with Crippen LogP contribution in [-0.4, -0.2) is 11.0 Å². The van der Waals surface area contributed by atoms with E-state index in [4.69, 9.17) is 4.74 Å². The van der Waals surface area contributed by atoms with Gasteiger partial charge in [0.15, 0.2) is 0 Å². The molecule has 0 atom stereocenters. The van der Waals surface area contributed by atoms with Crippen molar-refractivity contribution in [3.8, 4) is 5.75 Å². The highest BCUT2D eigenvalue weighted by molar-refractivity contribution is 5.73. The third-order valence-electron chi connectivity index (χ3n) is 3.96. The quantitative estimate of drug-likeness (QED) is 0.707. The highest BCUT2D eigenvalue weighted by atomic mass is 16.6. The Morgan fingerprint density at radius 3 is 2.23 bits per heavy atom. The Hall–Kier alpha value is -2.03. The zero-order valence-corrected chi connectivity index (χ0v) is 13.4. The summed E-state index contributed by atoms with van der Waals surface area (Å²) < 4.78 is 5.33. The highest BCUT2D eigenvalue weighted by Crippen LogP contribution is 2.28. The van der Waals surface area contributed by atoms with E-state index in [9.17, 15) is 4.79 Å². The van der Waals surface area contributed by atoms with Crippen LogP contribution in [0.25, 0.3) is 0 Å². The number of rotatable bonds is 6. The number of hydrogen-bond donors (Lipinski definition) is 0. The zero-order chi connectivity index (χ0) is 15.8. The van der Waals surface area contributed by atoms with Crippen molar-refractivity contribution < 1.29 is 9.53 Å². The second-order valence-electron chi connectivity index (χ2n) is 5.69. The fourth-order valence-corrected chi connectivity index (χ4v) is 2.85. The molecule has 0 saturated heterocycles. The maximum atomic E-state index is 12.1. The fraction of sp³-hybridized carbons (Fsp3) is 0.421. The molecule has 0 saturated carbocycles. The van der Waals surface area contributed by atoms with Crippen molar-refractivity contribution in [2.24, 2.45) is 11.8 Å². The Labute approximate surface area is 133 Å². The van der Waals surface area contributed by atoms with Crippen molar-refractivity contribution in [2.75, 3.05) is 0 Å². The van der Waals surface area contributed by atoms with Gasteiger partial charge in [-0.05, 0) is 30.9 Å². The van der Waals surface area contributed by atoms with Crippen LogP contribution in [-0.2, 0) is 0 Å². The Bertz CT molecular complexity index is 501. The van der Waals surface area contributed by atoms with E-state index in [2.05, 4.69) is 26.0 Å². The lowest BCUT2D eigenvalue weighted by Crippen LogP contribution is -2.27. The summed E-state index contributed by atoms with van der Waals surface area (Å²) in [5.74, 6) is 1.64. The van der Waals surface area contributed by atoms with Gasteiger partial charge in [0.1, 0.15) is 5.75 Å². The van der Waals surface area contributed by atoms with Gasteiger partial charge in [-0.15, -0.1) is 0 Å². The Morgan fingerprint density at radius 2 is 1.68 bits per heavy atom. The minimum absolute atomic E-state index is 0.375. The van der Waals surface area contributed by atoms with E-state index in [1.165, 1.54) is 30.6 Å². The normalized spacial score (nSPS) is 14.6. The van der Waals surface area contributed by atoms with Crippen molar-refractivity contribution in [3.05, 3.63) is 54.9 Å². The molecular weight excluding hydrogens is 274 g/mol. The number of amides is 1. The number of nitrogens with zero attached hydrogens (tertiary/aromatic N) is 1. The van der Waals surface area contributed by atoms with Crippen LogP contribution in [0.2, 0.25) is 0 Å². The van der Waals surface area contributed by atoms with Crippen molar-refractivity contribution in [1.29, 1.82) is 0 Å². The Balaban J connectivity index is 1.93. The van der Waals surface area contributed by atoms with Gasteiger partial charge >= 0.3 is 6.09 Å². The van der Waals surface area contributed by atoms with E-state index in [1.807, 2.05) is 30.6 Å².